The van der Waals surface area contributed by atoms with Crippen LogP contribution in [-0.2, 0) is 0 Å². The van der Waals surface area contributed by atoms with E-state index in [1.165, 1.54) is 103 Å². The average molecular weight is 591 g/mol. The molecule has 0 nitrogen and oxygen atoms in total. The summed E-state index contributed by atoms with van der Waals surface area (Å²) in [6.45, 7) is 35.4. The van der Waals surface area contributed by atoms with Crippen molar-refractivity contribution in [3.8, 4) is 0 Å². The first kappa shape index (κ1) is 42.0. The van der Waals surface area contributed by atoms with Gasteiger partial charge in [0.05, 0.1) is 0 Å². The van der Waals surface area contributed by atoms with E-state index in [-0.39, 0.29) is 0 Å². The minimum atomic E-state index is 0.470. The number of hydrogen-bond donors (Lipinski definition) is 0. The molecule has 3 fully saturated rings. The molecular formula is C42H86. The third-order valence-corrected chi connectivity index (χ3v) is 13.4. The van der Waals surface area contributed by atoms with Crippen LogP contribution in [0.2, 0.25) is 0 Å². The van der Waals surface area contributed by atoms with Crippen molar-refractivity contribution < 1.29 is 0 Å². The molecule has 3 rings (SSSR count). The van der Waals surface area contributed by atoms with Gasteiger partial charge in [0.15, 0.2) is 0 Å². The quantitative estimate of drug-likeness (QED) is 0.187. The lowest BCUT2D eigenvalue weighted by atomic mass is 9.55. The topological polar surface area (TPSA) is 0 Å². The summed E-state index contributed by atoms with van der Waals surface area (Å²) < 4.78 is 0. The van der Waals surface area contributed by atoms with Crippen LogP contribution >= 0.6 is 0 Å². The minimum absolute atomic E-state index is 0.470. The zero-order chi connectivity index (χ0) is 32.5. The molecule has 0 N–H and O–H groups in total. The predicted octanol–water partition coefficient (Wildman–Crippen LogP) is 15.0. The van der Waals surface area contributed by atoms with Crippen LogP contribution in [0.15, 0.2) is 0 Å². The summed E-state index contributed by atoms with van der Waals surface area (Å²) in [7, 11) is 0. The average Bonchev–Trinajstić information content (AvgIpc) is 3.48. The Morgan fingerprint density at radius 2 is 1.21 bits per heavy atom. The van der Waals surface area contributed by atoms with Crippen LogP contribution in [0.1, 0.15) is 207 Å². The zero-order valence-corrected chi connectivity index (χ0v) is 32.5. The first-order valence-electron chi connectivity index (χ1n) is 20.0. The molecule has 3 aliphatic rings. The fraction of sp³-hybridized carbons (Fsp3) is 1.00. The molecule has 0 heteroatoms. The van der Waals surface area contributed by atoms with Crippen LogP contribution in [0, 0.1) is 64.1 Å². The Bertz CT molecular complexity index is 626. The molecule has 0 aromatic rings. The third-order valence-electron chi connectivity index (χ3n) is 13.4. The fourth-order valence-corrected chi connectivity index (χ4v) is 10.0. The Labute approximate surface area is 270 Å². The van der Waals surface area contributed by atoms with E-state index in [0.29, 0.717) is 10.8 Å². The van der Waals surface area contributed by atoms with E-state index in [1.807, 2.05) is 41.5 Å². The van der Waals surface area contributed by atoms with Gasteiger partial charge in [-0.3, -0.25) is 0 Å². The Hall–Kier alpha value is 0. The summed E-state index contributed by atoms with van der Waals surface area (Å²) in [4.78, 5) is 0. The summed E-state index contributed by atoms with van der Waals surface area (Å²) in [5.74, 6) is 8.55. The van der Waals surface area contributed by atoms with Crippen LogP contribution < -0.4 is 0 Å². The number of unbranched alkanes of at least 4 members (excludes halogenated alkanes) is 2. The van der Waals surface area contributed by atoms with Crippen LogP contribution in [0.25, 0.3) is 0 Å². The van der Waals surface area contributed by atoms with Gasteiger partial charge in [0, 0.05) is 0 Å². The highest BCUT2D eigenvalue weighted by Gasteiger charge is 2.48. The summed E-state index contributed by atoms with van der Waals surface area (Å²) in [6.07, 6.45) is 23.6. The molecule has 0 aromatic heterocycles. The molecule has 0 amide bonds. The summed E-state index contributed by atoms with van der Waals surface area (Å²) in [5, 5.41) is 0. The summed E-state index contributed by atoms with van der Waals surface area (Å²) >= 11 is 0. The monoisotopic (exact) mass is 591 g/mol. The maximum Gasteiger partial charge on any atom is -0.0295 e. The van der Waals surface area contributed by atoms with Crippen molar-refractivity contribution in [3.05, 3.63) is 0 Å². The Morgan fingerprint density at radius 1 is 0.643 bits per heavy atom. The zero-order valence-electron chi connectivity index (χ0n) is 32.5. The van der Waals surface area contributed by atoms with Crippen molar-refractivity contribution >= 4 is 0 Å². The first-order chi connectivity index (χ1) is 20.0. The van der Waals surface area contributed by atoms with Crippen molar-refractivity contribution in [2.75, 3.05) is 0 Å². The Balaban J connectivity index is 0.00000263. The highest BCUT2D eigenvalue weighted by Crippen LogP contribution is 2.56. The second-order valence-electron chi connectivity index (χ2n) is 15.8. The first-order valence-corrected chi connectivity index (χ1v) is 20.0. The lowest BCUT2D eigenvalue weighted by Gasteiger charge is -2.50. The maximum atomic E-state index is 2.66. The van der Waals surface area contributed by atoms with Gasteiger partial charge in [0.25, 0.3) is 0 Å². The SMILES string of the molecule is CC.CC.CC.CCCC1CCCCC1C(C)C(C)(C)C(C)CCCCCC(C)C(C)(C)C1C(C)CCC2CCCC21. The molecule has 0 spiro atoms. The smallest absolute Gasteiger partial charge is 0.0295 e. The van der Waals surface area contributed by atoms with E-state index in [2.05, 4.69) is 62.3 Å². The van der Waals surface area contributed by atoms with Crippen LogP contribution in [0.3, 0.4) is 0 Å². The van der Waals surface area contributed by atoms with Gasteiger partial charge in [-0.05, 0) is 83.4 Å². The lowest BCUT2D eigenvalue weighted by molar-refractivity contribution is -0.0154. The van der Waals surface area contributed by atoms with Gasteiger partial charge >= 0.3 is 0 Å². The lowest BCUT2D eigenvalue weighted by Crippen LogP contribution is -2.43. The molecule has 0 bridgehead atoms. The second kappa shape index (κ2) is 21.7. The molecule has 9 unspecified atom stereocenters. The molecule has 3 saturated carbocycles. The van der Waals surface area contributed by atoms with Crippen molar-refractivity contribution in [1.82, 2.24) is 0 Å². The highest BCUT2D eigenvalue weighted by atomic mass is 14.5. The molecule has 0 radical (unpaired) electrons. The van der Waals surface area contributed by atoms with Gasteiger partial charge in [0.2, 0.25) is 0 Å². The van der Waals surface area contributed by atoms with Crippen LogP contribution in [0.5, 0.6) is 0 Å². The van der Waals surface area contributed by atoms with E-state index in [0.717, 1.165) is 53.3 Å². The third kappa shape index (κ3) is 11.4. The Kier molecular flexibility index (Phi) is 21.7. The van der Waals surface area contributed by atoms with E-state index in [9.17, 15) is 0 Å². The predicted molar refractivity (Wildman–Crippen MR) is 195 cm³/mol. The summed E-state index contributed by atoms with van der Waals surface area (Å²) in [6, 6.07) is 0. The fourth-order valence-electron chi connectivity index (χ4n) is 10.0. The van der Waals surface area contributed by atoms with E-state index < -0.39 is 0 Å². The molecule has 0 aliphatic heterocycles. The van der Waals surface area contributed by atoms with E-state index in [4.69, 9.17) is 0 Å². The van der Waals surface area contributed by atoms with Gasteiger partial charge in [-0.25, -0.2) is 0 Å². The van der Waals surface area contributed by atoms with Gasteiger partial charge in [-0.2, -0.15) is 0 Å². The summed E-state index contributed by atoms with van der Waals surface area (Å²) in [5.41, 5.74) is 0.977. The number of rotatable bonds is 13. The molecule has 0 saturated heterocycles. The van der Waals surface area contributed by atoms with Gasteiger partial charge in [-0.15, -0.1) is 0 Å². The normalized spacial score (nSPS) is 29.8. The van der Waals surface area contributed by atoms with E-state index >= 15 is 0 Å². The van der Waals surface area contributed by atoms with E-state index in [1.54, 1.807) is 0 Å². The molecule has 254 valence electrons. The second-order valence-corrected chi connectivity index (χ2v) is 15.8. The molecular weight excluding hydrogens is 504 g/mol. The van der Waals surface area contributed by atoms with Crippen molar-refractivity contribution in [2.45, 2.75) is 207 Å². The Morgan fingerprint density at radius 3 is 1.81 bits per heavy atom. The van der Waals surface area contributed by atoms with Crippen LogP contribution in [-0.4, -0.2) is 0 Å². The molecule has 9 atom stereocenters. The maximum absolute atomic E-state index is 2.66. The minimum Gasteiger partial charge on any atom is -0.0683 e. The highest BCUT2D eigenvalue weighted by molar-refractivity contribution is 4.97. The van der Waals surface area contributed by atoms with Crippen LogP contribution in [0.4, 0.5) is 0 Å². The van der Waals surface area contributed by atoms with Gasteiger partial charge in [-0.1, -0.05) is 187 Å². The molecule has 0 aromatic carbocycles. The number of fused-ring (bicyclic) bond motifs is 1. The van der Waals surface area contributed by atoms with Gasteiger partial charge in [0.1, 0.15) is 0 Å². The van der Waals surface area contributed by atoms with Crippen molar-refractivity contribution in [2.24, 2.45) is 64.1 Å². The van der Waals surface area contributed by atoms with Crippen molar-refractivity contribution in [3.63, 3.8) is 0 Å². The largest absolute Gasteiger partial charge is 0.0683 e. The number of hydrogen-bond acceptors (Lipinski definition) is 0. The van der Waals surface area contributed by atoms with Gasteiger partial charge < -0.3 is 0 Å². The van der Waals surface area contributed by atoms with Crippen molar-refractivity contribution in [1.29, 1.82) is 0 Å². The molecule has 3 aliphatic carbocycles. The standard InChI is InChI=1S/C36H68.3C2H6/c1-10-17-30-20-14-15-22-32(30)29(5)35(6,7)27(3)18-12-11-13-19-28(4)36(8,9)34-26(2)24-25-31-21-16-23-33(31)34;3*1-2/h26-34H,10-25H2,1-9H3;3*1-2H3. The molecule has 42 heavy (non-hydrogen) atoms. The molecule has 0 heterocycles.